The summed E-state index contributed by atoms with van der Waals surface area (Å²) in [5.74, 6) is 2.96. The van der Waals surface area contributed by atoms with Crippen LogP contribution in [0.4, 0.5) is 0 Å². The van der Waals surface area contributed by atoms with Crippen LogP contribution in [-0.4, -0.2) is 66.7 Å². The third-order valence-electron chi connectivity index (χ3n) is 5.63. The minimum atomic E-state index is -0.600. The molecule has 41 heavy (non-hydrogen) atoms. The van der Waals surface area contributed by atoms with Crippen molar-refractivity contribution in [3.05, 3.63) is 88.0 Å². The lowest BCUT2D eigenvalue weighted by Gasteiger charge is -2.10. The van der Waals surface area contributed by atoms with Crippen LogP contribution >= 0.6 is 23.2 Å². The number of phenolic OH excluding ortho intramolecular Hbond substituents is 1. The zero-order valence-corrected chi connectivity index (χ0v) is 26.5. The van der Waals surface area contributed by atoms with E-state index >= 15 is 0 Å². The summed E-state index contributed by atoms with van der Waals surface area (Å²) in [6, 6.07) is 17.7. The first-order valence-corrected chi connectivity index (χ1v) is 14.8. The highest BCUT2D eigenvalue weighted by Gasteiger charge is 2.23. The molecule has 2 N–H and O–H groups in total. The number of hydrogen-bond donors (Lipinski definition) is 2. The summed E-state index contributed by atoms with van der Waals surface area (Å²) in [7, 11) is 0. The van der Waals surface area contributed by atoms with Gasteiger partial charge in [0.25, 0.3) is 0 Å². The topological polar surface area (TPSA) is 84.0 Å². The monoisotopic (exact) mass is 606 g/mol. The second kappa shape index (κ2) is 18.1. The number of epoxide rings is 2. The van der Waals surface area contributed by atoms with Crippen molar-refractivity contribution in [3.63, 3.8) is 0 Å². The standard InChI is InChI=1S/C11H15ClO2.C11H14O2.C8H10O.C3H5ClO/c1-8-3-9(2)5-11(4-8)14-7-10(13)6-12;1-8-3-9(2)5-10(4-8)12-6-11-7-13-11;1-6-3-7(2)5-8(9)4-6;4-1-3-2-5-3/h3-5,10,13H,6-7H2,1-2H3;3-5,11H,6-7H2,1-2H3;3-5,9H,1-2H3;3H,1-2H2. The molecular formula is C33H44Cl2O6. The van der Waals surface area contributed by atoms with E-state index in [1.54, 1.807) is 12.1 Å². The lowest BCUT2D eigenvalue weighted by Crippen LogP contribution is -2.18. The first kappa shape index (κ1) is 34.7. The highest BCUT2D eigenvalue weighted by atomic mass is 35.5. The Morgan fingerprint density at radius 1 is 0.683 bits per heavy atom. The van der Waals surface area contributed by atoms with Gasteiger partial charge in [0.15, 0.2) is 0 Å². The molecule has 6 nitrogen and oxygen atoms in total. The fourth-order valence-electron chi connectivity index (χ4n) is 3.73. The van der Waals surface area contributed by atoms with Crippen molar-refractivity contribution in [2.24, 2.45) is 0 Å². The van der Waals surface area contributed by atoms with Gasteiger partial charge in [-0.15, -0.1) is 23.2 Å². The number of halogens is 2. The zero-order valence-electron chi connectivity index (χ0n) is 25.0. The maximum atomic E-state index is 9.20. The van der Waals surface area contributed by atoms with Crippen molar-refractivity contribution < 1.29 is 29.2 Å². The number of aliphatic hydroxyl groups excluding tert-OH is 1. The first-order valence-electron chi connectivity index (χ1n) is 13.7. The molecule has 0 amide bonds. The van der Waals surface area contributed by atoms with Crippen LogP contribution in [0, 0.1) is 41.5 Å². The van der Waals surface area contributed by atoms with E-state index in [0.29, 0.717) is 30.4 Å². The Morgan fingerprint density at radius 2 is 1.07 bits per heavy atom. The van der Waals surface area contributed by atoms with E-state index in [9.17, 15) is 5.11 Å². The molecule has 2 saturated heterocycles. The summed E-state index contributed by atoms with van der Waals surface area (Å²) in [4.78, 5) is 0. The first-order chi connectivity index (χ1) is 19.5. The van der Waals surface area contributed by atoms with Crippen molar-refractivity contribution in [2.75, 3.05) is 38.2 Å². The van der Waals surface area contributed by atoms with Crippen LogP contribution in [0.1, 0.15) is 33.4 Å². The molecule has 0 aromatic heterocycles. The molecule has 0 bridgehead atoms. The summed E-state index contributed by atoms with van der Waals surface area (Å²) in [5, 5.41) is 18.2. The molecule has 0 spiro atoms. The van der Waals surface area contributed by atoms with E-state index in [4.69, 9.17) is 47.3 Å². The molecule has 3 aromatic carbocycles. The van der Waals surface area contributed by atoms with Gasteiger partial charge in [0.2, 0.25) is 0 Å². The number of benzene rings is 3. The van der Waals surface area contributed by atoms with Crippen LogP contribution < -0.4 is 9.47 Å². The SMILES string of the molecule is Cc1cc(C)cc(O)c1.Cc1cc(C)cc(OCC(O)CCl)c1.Cc1cc(C)cc(OCC2CO2)c1.ClCC1CO1. The van der Waals surface area contributed by atoms with Crippen LogP contribution in [0.3, 0.4) is 0 Å². The minimum Gasteiger partial charge on any atom is -0.508 e. The number of aryl methyl sites for hydroxylation is 6. The summed E-state index contributed by atoms with van der Waals surface area (Å²) >= 11 is 10.7. The molecular weight excluding hydrogens is 563 g/mol. The normalized spacial score (nSPS) is 16.9. The third kappa shape index (κ3) is 16.5. The molecule has 5 rings (SSSR count). The smallest absolute Gasteiger partial charge is 0.119 e. The molecule has 3 unspecified atom stereocenters. The van der Waals surface area contributed by atoms with Crippen molar-refractivity contribution in [1.29, 1.82) is 0 Å². The van der Waals surface area contributed by atoms with Crippen LogP contribution in [-0.2, 0) is 9.47 Å². The largest absolute Gasteiger partial charge is 0.508 e. The summed E-state index contributed by atoms with van der Waals surface area (Å²) in [5.41, 5.74) is 7.00. The number of phenols is 1. The molecule has 3 atom stereocenters. The number of alkyl halides is 2. The van der Waals surface area contributed by atoms with E-state index in [2.05, 4.69) is 38.1 Å². The number of aliphatic hydroxyl groups is 1. The molecule has 0 radical (unpaired) electrons. The molecule has 2 aliphatic rings. The van der Waals surface area contributed by atoms with Crippen LogP contribution in [0.25, 0.3) is 0 Å². The van der Waals surface area contributed by atoms with Crippen molar-refractivity contribution in [1.82, 2.24) is 0 Å². The second-order valence-corrected chi connectivity index (χ2v) is 11.1. The second-order valence-electron chi connectivity index (χ2n) is 10.5. The van der Waals surface area contributed by atoms with Gasteiger partial charge in [-0.2, -0.15) is 0 Å². The average Bonchev–Trinajstić information content (AvgIpc) is 3.80. The molecule has 226 valence electrons. The Bertz CT molecular complexity index is 1100. The molecule has 3 aromatic rings. The van der Waals surface area contributed by atoms with Crippen LogP contribution in [0.15, 0.2) is 54.6 Å². The fraction of sp³-hybridized carbons (Fsp3) is 0.455. The van der Waals surface area contributed by atoms with Crippen molar-refractivity contribution in [2.45, 2.75) is 59.9 Å². The van der Waals surface area contributed by atoms with Gasteiger partial charge in [0, 0.05) is 0 Å². The Hall–Kier alpha value is -2.48. The molecule has 2 aliphatic heterocycles. The van der Waals surface area contributed by atoms with Gasteiger partial charge in [0.05, 0.1) is 31.1 Å². The molecule has 0 saturated carbocycles. The zero-order chi connectivity index (χ0) is 30.4. The fourth-order valence-corrected chi connectivity index (χ4v) is 4.00. The highest BCUT2D eigenvalue weighted by molar-refractivity contribution is 6.18. The van der Waals surface area contributed by atoms with Gasteiger partial charge in [0.1, 0.15) is 42.7 Å². The van der Waals surface area contributed by atoms with E-state index in [0.717, 1.165) is 47.0 Å². The third-order valence-corrected chi connectivity index (χ3v) is 6.33. The Balaban J connectivity index is 0.000000201. The number of rotatable bonds is 8. The maximum Gasteiger partial charge on any atom is 0.119 e. The average molecular weight is 608 g/mol. The predicted octanol–water partition coefficient (Wildman–Crippen LogP) is 7.00. The number of ether oxygens (including phenoxy) is 4. The van der Waals surface area contributed by atoms with Gasteiger partial charge in [-0.3, -0.25) is 0 Å². The maximum absolute atomic E-state index is 9.20. The lowest BCUT2D eigenvalue weighted by molar-refractivity contribution is 0.125. The Kier molecular flexibility index (Phi) is 15.4. The van der Waals surface area contributed by atoms with E-state index in [1.807, 2.05) is 45.9 Å². The van der Waals surface area contributed by atoms with Gasteiger partial charge in [-0.25, -0.2) is 0 Å². The quantitative estimate of drug-likeness (QED) is 0.212. The predicted molar refractivity (Wildman–Crippen MR) is 167 cm³/mol. The van der Waals surface area contributed by atoms with Gasteiger partial charge in [-0.05, 0) is 111 Å². The van der Waals surface area contributed by atoms with Gasteiger partial charge >= 0.3 is 0 Å². The lowest BCUT2D eigenvalue weighted by atomic mass is 10.1. The van der Waals surface area contributed by atoms with Gasteiger partial charge in [-0.1, -0.05) is 18.2 Å². The van der Waals surface area contributed by atoms with Crippen molar-refractivity contribution in [3.8, 4) is 17.2 Å². The highest BCUT2D eigenvalue weighted by Crippen LogP contribution is 2.19. The summed E-state index contributed by atoms with van der Waals surface area (Å²) < 4.78 is 20.7. The summed E-state index contributed by atoms with van der Waals surface area (Å²) in [6.07, 6.45) is 0.134. The number of hydrogen-bond acceptors (Lipinski definition) is 6. The Morgan fingerprint density at radius 3 is 1.39 bits per heavy atom. The molecule has 0 aliphatic carbocycles. The summed E-state index contributed by atoms with van der Waals surface area (Å²) in [6.45, 7) is 14.8. The van der Waals surface area contributed by atoms with E-state index in [1.165, 1.54) is 11.1 Å². The van der Waals surface area contributed by atoms with Crippen LogP contribution in [0.2, 0.25) is 0 Å². The van der Waals surface area contributed by atoms with Crippen molar-refractivity contribution >= 4 is 23.2 Å². The van der Waals surface area contributed by atoms with E-state index < -0.39 is 6.10 Å². The molecule has 2 heterocycles. The van der Waals surface area contributed by atoms with Crippen LogP contribution in [0.5, 0.6) is 17.2 Å². The Labute approximate surface area is 255 Å². The molecule has 8 heteroatoms. The number of aromatic hydroxyl groups is 1. The van der Waals surface area contributed by atoms with Gasteiger partial charge < -0.3 is 29.2 Å². The minimum absolute atomic E-state index is 0.199. The molecule has 2 fully saturated rings. The van der Waals surface area contributed by atoms with E-state index in [-0.39, 0.29) is 12.5 Å².